The van der Waals surface area contributed by atoms with Crippen LogP contribution < -0.4 is 4.90 Å². The van der Waals surface area contributed by atoms with E-state index in [1.54, 1.807) is 24.4 Å². The molecule has 0 spiro atoms. The second kappa shape index (κ2) is 9.72. The average molecular weight is 506 g/mol. The molecule has 1 amide bonds. The smallest absolute Gasteiger partial charge is 0.341 e. The highest BCUT2D eigenvalue weighted by atomic mass is 19.1. The summed E-state index contributed by atoms with van der Waals surface area (Å²) < 4.78 is 16.2. The van der Waals surface area contributed by atoms with Crippen molar-refractivity contribution in [3.8, 4) is 17.1 Å². The summed E-state index contributed by atoms with van der Waals surface area (Å²) in [5, 5.41) is 18.8. The Hall–Kier alpha value is -4.15. The van der Waals surface area contributed by atoms with Crippen molar-refractivity contribution < 1.29 is 19.1 Å². The van der Waals surface area contributed by atoms with E-state index in [-0.39, 0.29) is 29.2 Å². The molecule has 37 heavy (non-hydrogen) atoms. The number of carbonyl (C=O) groups is 2. The Labute approximate surface area is 212 Å². The molecule has 0 saturated heterocycles. The number of pyridine rings is 1. The highest BCUT2D eigenvalue weighted by Gasteiger charge is 2.34. The Morgan fingerprint density at radius 2 is 1.81 bits per heavy atom. The van der Waals surface area contributed by atoms with E-state index in [0.29, 0.717) is 28.6 Å². The van der Waals surface area contributed by atoms with Crippen LogP contribution in [0.3, 0.4) is 0 Å². The van der Waals surface area contributed by atoms with E-state index < -0.39 is 11.8 Å². The fourth-order valence-corrected chi connectivity index (χ4v) is 4.79. The van der Waals surface area contributed by atoms with Gasteiger partial charge < -0.3 is 5.11 Å². The van der Waals surface area contributed by atoms with Gasteiger partial charge in [-0.05, 0) is 57.6 Å². The minimum Gasteiger partial charge on any atom is -0.477 e. The number of fused-ring (bicyclic) bond motifs is 1. The SMILES string of the molecule is CC(C)N(c1nn(-c2ccc(-c3cc4ncc(F)cn4n3)nc2)cc1C(=O)O)C(=O)[C@H]1CC[C@H](C)CC1. The number of carboxylic acids is 1. The zero-order chi connectivity index (χ0) is 26.3. The summed E-state index contributed by atoms with van der Waals surface area (Å²) in [6.45, 7) is 5.91. The first-order valence-corrected chi connectivity index (χ1v) is 12.3. The van der Waals surface area contributed by atoms with E-state index in [1.165, 1.54) is 26.5 Å². The summed E-state index contributed by atoms with van der Waals surface area (Å²) in [4.78, 5) is 35.6. The maximum absolute atomic E-state index is 13.5. The van der Waals surface area contributed by atoms with E-state index >= 15 is 0 Å². The molecule has 0 aromatic carbocycles. The molecule has 0 unspecified atom stereocenters. The Bertz CT molecular complexity index is 1450. The second-order valence-electron chi connectivity index (χ2n) is 9.88. The van der Waals surface area contributed by atoms with Crippen molar-refractivity contribution in [2.75, 3.05) is 4.90 Å². The molecule has 10 nitrogen and oxygen atoms in total. The molecule has 0 radical (unpaired) electrons. The Balaban J connectivity index is 1.46. The number of carbonyl (C=O) groups excluding carboxylic acids is 1. The van der Waals surface area contributed by atoms with E-state index in [4.69, 9.17) is 0 Å². The van der Waals surface area contributed by atoms with E-state index in [0.717, 1.165) is 31.9 Å². The number of halogens is 1. The molecule has 4 aromatic rings. The Kier molecular flexibility index (Phi) is 6.45. The molecule has 1 aliphatic rings. The largest absolute Gasteiger partial charge is 0.477 e. The normalized spacial score (nSPS) is 17.9. The number of anilines is 1. The number of carboxylic acid groups (broad SMARTS) is 1. The Morgan fingerprint density at radius 1 is 1.05 bits per heavy atom. The van der Waals surface area contributed by atoms with Crippen molar-refractivity contribution in [1.29, 1.82) is 0 Å². The van der Waals surface area contributed by atoms with Crippen molar-refractivity contribution in [3.63, 3.8) is 0 Å². The fraction of sp³-hybridized carbons (Fsp3) is 0.385. The molecule has 192 valence electrons. The van der Waals surface area contributed by atoms with Crippen molar-refractivity contribution in [1.82, 2.24) is 29.4 Å². The third-order valence-corrected chi connectivity index (χ3v) is 6.83. The maximum Gasteiger partial charge on any atom is 0.341 e. The zero-order valence-electron chi connectivity index (χ0n) is 20.9. The van der Waals surface area contributed by atoms with E-state index in [2.05, 4.69) is 27.1 Å². The number of amides is 1. The van der Waals surface area contributed by atoms with Gasteiger partial charge in [-0.25, -0.2) is 23.4 Å². The van der Waals surface area contributed by atoms with Crippen LogP contribution in [0.5, 0.6) is 0 Å². The van der Waals surface area contributed by atoms with E-state index in [1.807, 2.05) is 13.8 Å². The van der Waals surface area contributed by atoms with Gasteiger partial charge in [0.05, 0.1) is 30.0 Å². The summed E-state index contributed by atoms with van der Waals surface area (Å²) >= 11 is 0. The van der Waals surface area contributed by atoms with Crippen LogP contribution in [-0.2, 0) is 4.79 Å². The monoisotopic (exact) mass is 505 g/mol. The van der Waals surface area contributed by atoms with Gasteiger partial charge >= 0.3 is 5.97 Å². The van der Waals surface area contributed by atoms with Gasteiger partial charge in [0.25, 0.3) is 0 Å². The molecule has 1 saturated carbocycles. The minimum absolute atomic E-state index is 0.0521. The van der Waals surface area contributed by atoms with Gasteiger partial charge in [0, 0.05) is 24.2 Å². The first-order chi connectivity index (χ1) is 17.7. The molecule has 1 N–H and O–H groups in total. The molecule has 1 aliphatic carbocycles. The van der Waals surface area contributed by atoms with Gasteiger partial charge in [-0.2, -0.15) is 5.10 Å². The fourth-order valence-electron chi connectivity index (χ4n) is 4.79. The summed E-state index contributed by atoms with van der Waals surface area (Å²) in [5.74, 6) is -1.16. The molecule has 0 atom stereocenters. The quantitative estimate of drug-likeness (QED) is 0.413. The molecular weight excluding hydrogens is 477 g/mol. The van der Waals surface area contributed by atoms with Crippen molar-refractivity contribution in [3.05, 3.63) is 54.4 Å². The highest BCUT2D eigenvalue weighted by Crippen LogP contribution is 2.33. The summed E-state index contributed by atoms with van der Waals surface area (Å²) in [7, 11) is 0. The lowest BCUT2D eigenvalue weighted by Gasteiger charge is -2.32. The molecule has 5 rings (SSSR count). The van der Waals surface area contributed by atoms with Gasteiger partial charge in [0.2, 0.25) is 5.91 Å². The maximum atomic E-state index is 13.5. The highest BCUT2D eigenvalue weighted by molar-refractivity contribution is 6.01. The lowest BCUT2D eigenvalue weighted by Crippen LogP contribution is -2.43. The molecule has 4 heterocycles. The van der Waals surface area contributed by atoms with Gasteiger partial charge in [0.1, 0.15) is 11.3 Å². The Morgan fingerprint density at radius 3 is 2.46 bits per heavy atom. The number of aromatic carboxylic acids is 1. The van der Waals surface area contributed by atoms with Gasteiger partial charge in [0.15, 0.2) is 17.3 Å². The van der Waals surface area contributed by atoms with Crippen molar-refractivity contribution in [2.24, 2.45) is 11.8 Å². The van der Waals surface area contributed by atoms with Gasteiger partial charge in [-0.1, -0.05) is 6.92 Å². The van der Waals surface area contributed by atoms with Crippen LogP contribution in [0.2, 0.25) is 0 Å². The second-order valence-corrected chi connectivity index (χ2v) is 9.88. The molecule has 1 fully saturated rings. The lowest BCUT2D eigenvalue weighted by atomic mass is 9.82. The third-order valence-electron chi connectivity index (χ3n) is 6.83. The van der Waals surface area contributed by atoms with Crippen molar-refractivity contribution in [2.45, 2.75) is 52.5 Å². The molecule has 0 aliphatic heterocycles. The summed E-state index contributed by atoms with van der Waals surface area (Å²) in [5.41, 5.74) is 1.99. The van der Waals surface area contributed by atoms with Crippen LogP contribution >= 0.6 is 0 Å². The van der Waals surface area contributed by atoms with Crippen LogP contribution in [0.25, 0.3) is 22.7 Å². The number of aromatic nitrogens is 6. The molecular formula is C26H28FN7O3. The van der Waals surface area contributed by atoms with Crippen LogP contribution in [0, 0.1) is 17.7 Å². The van der Waals surface area contributed by atoms with Gasteiger partial charge in [-0.15, -0.1) is 5.10 Å². The lowest BCUT2D eigenvalue weighted by molar-refractivity contribution is -0.124. The zero-order valence-corrected chi connectivity index (χ0v) is 20.9. The minimum atomic E-state index is -1.16. The van der Waals surface area contributed by atoms with Crippen LogP contribution in [0.1, 0.15) is 56.8 Å². The van der Waals surface area contributed by atoms with Gasteiger partial charge in [-0.3, -0.25) is 14.7 Å². The number of hydrogen-bond acceptors (Lipinski definition) is 6. The predicted octanol–water partition coefficient (Wildman–Crippen LogP) is 4.38. The molecule has 4 aromatic heterocycles. The van der Waals surface area contributed by atoms with Crippen LogP contribution in [0.15, 0.2) is 43.0 Å². The molecule has 11 heteroatoms. The average Bonchev–Trinajstić information content (AvgIpc) is 3.49. The van der Waals surface area contributed by atoms with Crippen LogP contribution in [0.4, 0.5) is 10.2 Å². The summed E-state index contributed by atoms with van der Waals surface area (Å²) in [6.07, 6.45) is 8.85. The first kappa shape index (κ1) is 24.5. The molecule has 0 bridgehead atoms. The standard InChI is InChI=1S/C26H28FN7O3/c1-15(2)34(25(35)17-6-4-16(3)5-7-17)24-20(26(36)37)14-32(31-24)19-8-9-21(28-12-19)22-10-23-29-11-18(27)13-33(23)30-22/h8-17H,4-7H2,1-3H3,(H,36,37)/t16-,17-. The number of rotatable bonds is 6. The van der Waals surface area contributed by atoms with Crippen LogP contribution in [-0.4, -0.2) is 52.4 Å². The number of hydrogen-bond donors (Lipinski definition) is 1. The van der Waals surface area contributed by atoms with Crippen molar-refractivity contribution >= 4 is 23.3 Å². The van der Waals surface area contributed by atoms with E-state index in [9.17, 15) is 19.1 Å². The third kappa shape index (κ3) is 4.81. The number of nitrogens with zero attached hydrogens (tertiary/aromatic N) is 7. The predicted molar refractivity (Wildman–Crippen MR) is 134 cm³/mol. The topological polar surface area (TPSA) is 119 Å². The first-order valence-electron chi connectivity index (χ1n) is 12.3. The summed E-state index contributed by atoms with van der Waals surface area (Å²) in [6, 6.07) is 4.87.